The van der Waals surface area contributed by atoms with E-state index in [1.54, 1.807) is 0 Å². The van der Waals surface area contributed by atoms with Crippen molar-refractivity contribution < 1.29 is 9.53 Å². The molecule has 1 saturated carbocycles. The molecule has 1 aliphatic rings. The lowest BCUT2D eigenvalue weighted by Gasteiger charge is -2.22. The molecule has 0 heterocycles. The molecule has 15 heavy (non-hydrogen) atoms. The quantitative estimate of drug-likeness (QED) is 0.726. The van der Waals surface area contributed by atoms with Crippen LogP contribution in [0.25, 0.3) is 0 Å². The average Bonchev–Trinajstić information content (AvgIpc) is 2.64. The zero-order chi connectivity index (χ0) is 11.4. The summed E-state index contributed by atoms with van der Waals surface area (Å²) in [5.41, 5.74) is 5.64. The highest BCUT2D eigenvalue weighted by Crippen LogP contribution is 2.32. The van der Waals surface area contributed by atoms with E-state index < -0.39 is 0 Å². The first-order valence-corrected chi connectivity index (χ1v) is 5.96. The van der Waals surface area contributed by atoms with Crippen LogP contribution in [0.5, 0.6) is 0 Å². The van der Waals surface area contributed by atoms with Gasteiger partial charge in [0.1, 0.15) is 6.10 Å². The number of nitrogens with two attached hydrogens (primary N) is 1. The van der Waals surface area contributed by atoms with Gasteiger partial charge in [-0.05, 0) is 38.1 Å². The Hall–Kier alpha value is -0.570. The Morgan fingerprint density at radius 3 is 2.60 bits per heavy atom. The van der Waals surface area contributed by atoms with Crippen LogP contribution in [0.15, 0.2) is 0 Å². The number of ether oxygens (including phenoxy) is 1. The van der Waals surface area contributed by atoms with Crippen LogP contribution in [0.1, 0.15) is 40.0 Å². The van der Waals surface area contributed by atoms with E-state index >= 15 is 0 Å². The highest BCUT2D eigenvalue weighted by Gasteiger charge is 2.34. The normalized spacial score (nSPS) is 28.1. The molecule has 0 aliphatic heterocycles. The fraction of sp³-hybridized carbons (Fsp3) is 0.917. The van der Waals surface area contributed by atoms with Crippen molar-refractivity contribution in [1.29, 1.82) is 0 Å². The second-order valence-electron chi connectivity index (χ2n) is 4.92. The van der Waals surface area contributed by atoms with Crippen molar-refractivity contribution in [1.82, 2.24) is 0 Å². The fourth-order valence-corrected chi connectivity index (χ4v) is 2.04. The molecule has 3 heteroatoms. The van der Waals surface area contributed by atoms with Crippen LogP contribution in [0.4, 0.5) is 0 Å². The molecule has 0 amide bonds. The van der Waals surface area contributed by atoms with Crippen molar-refractivity contribution in [3.8, 4) is 0 Å². The van der Waals surface area contributed by atoms with Gasteiger partial charge in [-0.3, -0.25) is 4.79 Å². The lowest BCUT2D eigenvalue weighted by atomic mass is 9.96. The second-order valence-corrected chi connectivity index (χ2v) is 4.92. The Kier molecular flexibility index (Phi) is 4.58. The lowest BCUT2D eigenvalue weighted by molar-refractivity contribution is -0.156. The molecule has 3 nitrogen and oxygen atoms in total. The minimum Gasteiger partial charge on any atom is -0.462 e. The van der Waals surface area contributed by atoms with Gasteiger partial charge in [0.2, 0.25) is 0 Å². The van der Waals surface area contributed by atoms with Crippen molar-refractivity contribution in [2.45, 2.75) is 46.1 Å². The van der Waals surface area contributed by atoms with Crippen LogP contribution in [0.3, 0.4) is 0 Å². The first kappa shape index (κ1) is 12.5. The summed E-state index contributed by atoms with van der Waals surface area (Å²) in [5, 5.41) is 0. The maximum absolute atomic E-state index is 11.9. The van der Waals surface area contributed by atoms with Crippen molar-refractivity contribution in [2.24, 2.45) is 23.5 Å². The van der Waals surface area contributed by atoms with Gasteiger partial charge in [0.15, 0.2) is 0 Å². The molecule has 1 aliphatic carbocycles. The summed E-state index contributed by atoms with van der Waals surface area (Å²) >= 11 is 0. The van der Waals surface area contributed by atoms with E-state index in [1.165, 1.54) is 0 Å². The first-order valence-electron chi connectivity index (χ1n) is 5.96. The smallest absolute Gasteiger partial charge is 0.309 e. The zero-order valence-corrected chi connectivity index (χ0v) is 10.0. The summed E-state index contributed by atoms with van der Waals surface area (Å²) in [4.78, 5) is 11.9. The monoisotopic (exact) mass is 213 g/mol. The molecule has 1 rings (SSSR count). The largest absolute Gasteiger partial charge is 0.462 e. The van der Waals surface area contributed by atoms with Crippen LogP contribution in [-0.2, 0) is 9.53 Å². The van der Waals surface area contributed by atoms with Crippen molar-refractivity contribution in [3.05, 3.63) is 0 Å². The number of hydrogen-bond donors (Lipinski definition) is 1. The van der Waals surface area contributed by atoms with E-state index in [9.17, 15) is 4.79 Å². The second kappa shape index (κ2) is 5.50. The molecular formula is C12H23NO2. The third-order valence-corrected chi connectivity index (χ3v) is 3.51. The molecule has 0 aromatic heterocycles. The molecule has 0 radical (unpaired) electrons. The van der Waals surface area contributed by atoms with E-state index in [4.69, 9.17) is 10.5 Å². The molecule has 2 N–H and O–H groups in total. The van der Waals surface area contributed by atoms with E-state index in [0.717, 1.165) is 19.3 Å². The summed E-state index contributed by atoms with van der Waals surface area (Å²) < 4.78 is 5.43. The minimum atomic E-state index is -0.0378. The van der Waals surface area contributed by atoms with E-state index in [1.807, 2.05) is 6.92 Å². The number of carbonyl (C=O) groups excluding carboxylic acids is 1. The molecule has 0 bridgehead atoms. The van der Waals surface area contributed by atoms with Gasteiger partial charge in [0.05, 0.1) is 5.92 Å². The number of carbonyl (C=O) groups is 1. The first-order chi connectivity index (χ1) is 7.06. The van der Waals surface area contributed by atoms with Crippen LogP contribution in [-0.4, -0.2) is 18.6 Å². The summed E-state index contributed by atoms with van der Waals surface area (Å²) in [6.07, 6.45) is 3.15. The molecule has 88 valence electrons. The Morgan fingerprint density at radius 1 is 1.40 bits per heavy atom. The standard InChI is InChI=1S/C12H23NO2/c1-8(2)9(3)15-12(14)11-6-4-5-10(11)7-13/h8-11H,4-7,13H2,1-3H3. The summed E-state index contributed by atoms with van der Waals surface area (Å²) in [6, 6.07) is 0. The summed E-state index contributed by atoms with van der Waals surface area (Å²) in [7, 11) is 0. The van der Waals surface area contributed by atoms with Gasteiger partial charge in [-0.15, -0.1) is 0 Å². The van der Waals surface area contributed by atoms with Crippen molar-refractivity contribution >= 4 is 5.97 Å². The molecule has 0 spiro atoms. The van der Waals surface area contributed by atoms with Gasteiger partial charge in [-0.1, -0.05) is 20.3 Å². The van der Waals surface area contributed by atoms with Crippen LogP contribution < -0.4 is 5.73 Å². The van der Waals surface area contributed by atoms with Gasteiger partial charge >= 0.3 is 5.97 Å². The van der Waals surface area contributed by atoms with Gasteiger partial charge in [-0.2, -0.15) is 0 Å². The third kappa shape index (κ3) is 3.20. The highest BCUT2D eigenvalue weighted by molar-refractivity contribution is 5.73. The summed E-state index contributed by atoms with van der Waals surface area (Å²) in [6.45, 7) is 6.69. The van der Waals surface area contributed by atoms with Gasteiger partial charge in [-0.25, -0.2) is 0 Å². The molecule has 3 unspecified atom stereocenters. The third-order valence-electron chi connectivity index (χ3n) is 3.51. The average molecular weight is 213 g/mol. The van der Waals surface area contributed by atoms with Crippen molar-refractivity contribution in [2.75, 3.05) is 6.54 Å². The molecule has 0 aromatic rings. The topological polar surface area (TPSA) is 52.3 Å². The number of rotatable bonds is 4. The maximum atomic E-state index is 11.9. The van der Waals surface area contributed by atoms with Crippen LogP contribution in [0.2, 0.25) is 0 Å². The molecule has 3 atom stereocenters. The Morgan fingerprint density at radius 2 is 2.07 bits per heavy atom. The molecule has 1 fully saturated rings. The molecule has 0 aromatic carbocycles. The van der Waals surface area contributed by atoms with Crippen LogP contribution >= 0.6 is 0 Å². The Labute approximate surface area is 92.4 Å². The number of esters is 1. The molecular weight excluding hydrogens is 190 g/mol. The van der Waals surface area contributed by atoms with E-state index in [2.05, 4.69) is 13.8 Å². The minimum absolute atomic E-state index is 0.0107. The van der Waals surface area contributed by atoms with E-state index in [0.29, 0.717) is 18.4 Å². The predicted octanol–water partition coefficient (Wildman–Crippen LogP) is 1.95. The Balaban J connectivity index is 2.46. The fourth-order valence-electron chi connectivity index (χ4n) is 2.04. The summed E-state index contributed by atoms with van der Waals surface area (Å²) in [5.74, 6) is 0.740. The maximum Gasteiger partial charge on any atom is 0.309 e. The number of hydrogen-bond acceptors (Lipinski definition) is 3. The SMILES string of the molecule is CC(C)C(C)OC(=O)C1CCCC1CN. The molecule has 0 saturated heterocycles. The van der Waals surface area contributed by atoms with Crippen LogP contribution in [0, 0.1) is 17.8 Å². The predicted molar refractivity (Wildman–Crippen MR) is 60.3 cm³/mol. The highest BCUT2D eigenvalue weighted by atomic mass is 16.5. The van der Waals surface area contributed by atoms with Gasteiger partial charge in [0, 0.05) is 0 Å². The Bertz CT molecular complexity index is 216. The zero-order valence-electron chi connectivity index (χ0n) is 10.0. The lowest BCUT2D eigenvalue weighted by Crippen LogP contribution is -2.30. The van der Waals surface area contributed by atoms with E-state index in [-0.39, 0.29) is 18.0 Å². The van der Waals surface area contributed by atoms with Gasteiger partial charge < -0.3 is 10.5 Å². The van der Waals surface area contributed by atoms with Gasteiger partial charge in [0.25, 0.3) is 0 Å². The van der Waals surface area contributed by atoms with Crippen molar-refractivity contribution in [3.63, 3.8) is 0 Å².